The van der Waals surface area contributed by atoms with Gasteiger partial charge < -0.3 is 10.6 Å². The van der Waals surface area contributed by atoms with Gasteiger partial charge in [0.25, 0.3) is 0 Å². The van der Waals surface area contributed by atoms with E-state index in [0.717, 1.165) is 36.6 Å². The van der Waals surface area contributed by atoms with Crippen molar-refractivity contribution in [2.75, 3.05) is 10.6 Å². The number of benzene rings is 1. The van der Waals surface area contributed by atoms with Crippen molar-refractivity contribution >= 4 is 33.9 Å². The lowest BCUT2D eigenvalue weighted by Gasteiger charge is -2.23. The largest absolute Gasteiger partial charge is 0.361 e. The fourth-order valence-electron chi connectivity index (χ4n) is 3.53. The number of anilines is 3. The lowest BCUT2D eigenvalue weighted by atomic mass is 9.95. The molecule has 1 fully saturated rings. The molecular weight excluding hydrogens is 344 g/mol. The first-order valence-corrected chi connectivity index (χ1v) is 9.09. The van der Waals surface area contributed by atoms with Gasteiger partial charge in [-0.3, -0.25) is 15.1 Å². The maximum absolute atomic E-state index is 11.8. The van der Waals surface area contributed by atoms with E-state index >= 15 is 0 Å². The number of aromatic nitrogens is 3. The van der Waals surface area contributed by atoms with E-state index in [1.165, 1.54) is 12.7 Å². The Morgan fingerprint density at radius 3 is 2.63 bits per heavy atom. The highest BCUT2D eigenvalue weighted by Crippen LogP contribution is 2.34. The van der Waals surface area contributed by atoms with E-state index in [0.29, 0.717) is 5.69 Å². The molecule has 1 saturated carbocycles. The normalized spacial score (nSPS) is 14.8. The first-order valence-electron chi connectivity index (χ1n) is 9.09. The average molecular weight is 364 g/mol. The van der Waals surface area contributed by atoms with Crippen LogP contribution in [0.15, 0.2) is 42.9 Å². The van der Waals surface area contributed by atoms with Crippen LogP contribution < -0.4 is 10.6 Å². The van der Waals surface area contributed by atoms with Gasteiger partial charge in [0.2, 0.25) is 11.6 Å². The lowest BCUT2D eigenvalue weighted by molar-refractivity contribution is -0.383. The van der Waals surface area contributed by atoms with Crippen molar-refractivity contribution in [1.29, 1.82) is 0 Å². The number of fused-ring (bicyclic) bond motifs is 1. The molecule has 0 aliphatic heterocycles. The molecule has 0 saturated heterocycles. The minimum atomic E-state index is -0.434. The highest BCUT2D eigenvalue weighted by atomic mass is 16.6. The standard InChI is InChI=1S/C19H20N6O2/c26-25(27)17-18(23-13-6-2-1-3-7-13)21-12-22-19(17)24-16-10-4-9-15-14(16)8-5-11-20-15/h4-5,8-13H,1-3,6-7H2,(H2,21,22,23,24). The van der Waals surface area contributed by atoms with Crippen LogP contribution in [-0.4, -0.2) is 25.9 Å². The summed E-state index contributed by atoms with van der Waals surface area (Å²) >= 11 is 0. The molecule has 0 unspecified atom stereocenters. The van der Waals surface area contributed by atoms with Crippen LogP contribution in [0.1, 0.15) is 32.1 Å². The van der Waals surface area contributed by atoms with Gasteiger partial charge in [-0.25, -0.2) is 9.97 Å². The maximum Gasteiger partial charge on any atom is 0.353 e. The van der Waals surface area contributed by atoms with Crippen molar-refractivity contribution in [3.05, 3.63) is 53.0 Å². The van der Waals surface area contributed by atoms with Crippen molar-refractivity contribution in [3.8, 4) is 0 Å². The monoisotopic (exact) mass is 364 g/mol. The van der Waals surface area contributed by atoms with Crippen LogP contribution in [0.4, 0.5) is 23.0 Å². The van der Waals surface area contributed by atoms with Crippen LogP contribution in [0.2, 0.25) is 0 Å². The zero-order valence-corrected chi connectivity index (χ0v) is 14.8. The van der Waals surface area contributed by atoms with Crippen LogP contribution >= 0.6 is 0 Å². The molecule has 1 aliphatic carbocycles. The van der Waals surface area contributed by atoms with Crippen molar-refractivity contribution < 1.29 is 4.92 Å². The quantitative estimate of drug-likeness (QED) is 0.510. The average Bonchev–Trinajstić information content (AvgIpc) is 2.69. The zero-order chi connectivity index (χ0) is 18.6. The van der Waals surface area contributed by atoms with E-state index < -0.39 is 4.92 Å². The Kier molecular flexibility index (Phi) is 4.78. The van der Waals surface area contributed by atoms with Gasteiger partial charge in [0, 0.05) is 23.3 Å². The Morgan fingerprint density at radius 1 is 1.00 bits per heavy atom. The molecule has 0 radical (unpaired) electrons. The second-order valence-electron chi connectivity index (χ2n) is 6.66. The highest BCUT2D eigenvalue weighted by Gasteiger charge is 2.26. The van der Waals surface area contributed by atoms with E-state index in [2.05, 4.69) is 25.6 Å². The van der Waals surface area contributed by atoms with Crippen LogP contribution in [0, 0.1) is 10.1 Å². The molecule has 138 valence electrons. The third kappa shape index (κ3) is 3.64. The molecule has 1 aliphatic rings. The number of nitro groups is 1. The molecule has 2 aromatic heterocycles. The number of nitrogens with zero attached hydrogens (tertiary/aromatic N) is 4. The maximum atomic E-state index is 11.8. The predicted molar refractivity (Wildman–Crippen MR) is 104 cm³/mol. The Balaban J connectivity index is 1.69. The number of nitrogens with one attached hydrogen (secondary N) is 2. The Hall–Kier alpha value is -3.29. The van der Waals surface area contributed by atoms with Gasteiger partial charge in [-0.2, -0.15) is 0 Å². The molecule has 4 rings (SSSR count). The summed E-state index contributed by atoms with van der Waals surface area (Å²) < 4.78 is 0. The van der Waals surface area contributed by atoms with Gasteiger partial charge in [0.15, 0.2) is 0 Å². The van der Waals surface area contributed by atoms with Crippen molar-refractivity contribution in [2.24, 2.45) is 0 Å². The Bertz CT molecular complexity index is 966. The molecule has 8 heteroatoms. The van der Waals surface area contributed by atoms with Crippen LogP contribution in [-0.2, 0) is 0 Å². The molecule has 1 aromatic carbocycles. The SMILES string of the molecule is O=[N+]([O-])c1c(Nc2cccc3ncccc23)ncnc1NC1CCCCC1. The summed E-state index contributed by atoms with van der Waals surface area (Å²) in [6.45, 7) is 0. The molecule has 0 amide bonds. The van der Waals surface area contributed by atoms with E-state index in [4.69, 9.17) is 0 Å². The second-order valence-corrected chi connectivity index (χ2v) is 6.66. The molecule has 0 spiro atoms. The van der Waals surface area contributed by atoms with Gasteiger partial charge >= 0.3 is 5.69 Å². The van der Waals surface area contributed by atoms with Gasteiger partial charge in [0.1, 0.15) is 6.33 Å². The molecule has 0 atom stereocenters. The Morgan fingerprint density at radius 2 is 1.81 bits per heavy atom. The van der Waals surface area contributed by atoms with Gasteiger partial charge in [0.05, 0.1) is 10.4 Å². The minimum Gasteiger partial charge on any atom is -0.361 e. The fourth-order valence-corrected chi connectivity index (χ4v) is 3.53. The van der Waals surface area contributed by atoms with E-state index in [-0.39, 0.29) is 23.4 Å². The van der Waals surface area contributed by atoms with Crippen LogP contribution in [0.5, 0.6) is 0 Å². The van der Waals surface area contributed by atoms with Crippen molar-refractivity contribution in [3.63, 3.8) is 0 Å². The van der Waals surface area contributed by atoms with E-state index in [1.54, 1.807) is 6.20 Å². The second kappa shape index (κ2) is 7.53. The van der Waals surface area contributed by atoms with E-state index in [9.17, 15) is 10.1 Å². The Labute approximate surface area is 156 Å². The first kappa shape index (κ1) is 17.1. The molecule has 2 heterocycles. The lowest BCUT2D eigenvalue weighted by Crippen LogP contribution is -2.23. The number of hydrogen-bond acceptors (Lipinski definition) is 7. The molecule has 0 bridgehead atoms. The fraction of sp³-hybridized carbons (Fsp3) is 0.316. The molecule has 2 N–H and O–H groups in total. The number of pyridine rings is 1. The smallest absolute Gasteiger partial charge is 0.353 e. The van der Waals surface area contributed by atoms with Crippen molar-refractivity contribution in [2.45, 2.75) is 38.1 Å². The predicted octanol–water partition coefficient (Wildman–Crippen LogP) is 4.42. The summed E-state index contributed by atoms with van der Waals surface area (Å²) in [4.78, 5) is 23.9. The summed E-state index contributed by atoms with van der Waals surface area (Å²) in [7, 11) is 0. The van der Waals surface area contributed by atoms with Gasteiger partial charge in [-0.1, -0.05) is 25.3 Å². The molecular formula is C19H20N6O2. The number of rotatable bonds is 5. The number of hydrogen-bond donors (Lipinski definition) is 2. The van der Waals surface area contributed by atoms with Crippen LogP contribution in [0.3, 0.4) is 0 Å². The summed E-state index contributed by atoms with van der Waals surface area (Å²) in [6, 6.07) is 9.56. The summed E-state index contributed by atoms with van der Waals surface area (Å²) in [6.07, 6.45) is 8.54. The summed E-state index contributed by atoms with van der Waals surface area (Å²) in [5.41, 5.74) is 1.38. The van der Waals surface area contributed by atoms with Gasteiger partial charge in [-0.05, 0) is 37.1 Å². The summed E-state index contributed by atoms with van der Waals surface area (Å²) in [5, 5.41) is 19.0. The topological polar surface area (TPSA) is 106 Å². The first-order chi connectivity index (χ1) is 13.2. The van der Waals surface area contributed by atoms with E-state index in [1.807, 2.05) is 30.3 Å². The van der Waals surface area contributed by atoms with Crippen molar-refractivity contribution in [1.82, 2.24) is 15.0 Å². The third-order valence-electron chi connectivity index (χ3n) is 4.85. The molecule has 3 aromatic rings. The van der Waals surface area contributed by atoms with Crippen LogP contribution in [0.25, 0.3) is 10.9 Å². The highest BCUT2D eigenvalue weighted by molar-refractivity contribution is 5.93. The zero-order valence-electron chi connectivity index (χ0n) is 14.8. The third-order valence-corrected chi connectivity index (χ3v) is 4.85. The van der Waals surface area contributed by atoms with Gasteiger partial charge in [-0.15, -0.1) is 0 Å². The minimum absolute atomic E-state index is 0.135. The summed E-state index contributed by atoms with van der Waals surface area (Å²) in [5.74, 6) is 0.437. The molecule has 8 nitrogen and oxygen atoms in total. The molecule has 27 heavy (non-hydrogen) atoms.